The van der Waals surface area contributed by atoms with E-state index in [0.29, 0.717) is 0 Å². The molecule has 0 spiro atoms. The van der Waals surface area contributed by atoms with E-state index in [1.165, 1.54) is 0 Å². The highest BCUT2D eigenvalue weighted by atomic mass is 28.2. The van der Waals surface area contributed by atoms with Crippen molar-refractivity contribution in [3.8, 4) is 0 Å². The summed E-state index contributed by atoms with van der Waals surface area (Å²) in [4.78, 5) is 0. The van der Waals surface area contributed by atoms with Gasteiger partial charge in [0.05, 0.1) is 6.10 Å². The van der Waals surface area contributed by atoms with Crippen LogP contribution in [0.4, 0.5) is 0 Å². The number of hydrogen-bond acceptors (Lipinski definition) is 2. The second-order valence-electron chi connectivity index (χ2n) is 3.55. The summed E-state index contributed by atoms with van der Waals surface area (Å²) in [5.41, 5.74) is 4.62. The van der Waals surface area contributed by atoms with Gasteiger partial charge in [0.15, 0.2) is 8.56 Å². The number of nitrogens with zero attached hydrogens (tertiary/aromatic N) is 1. The molecule has 0 aliphatic carbocycles. The quantitative estimate of drug-likeness (QED) is 0.667. The summed E-state index contributed by atoms with van der Waals surface area (Å²) < 4.78 is 2.51. The zero-order chi connectivity index (χ0) is 9.10. The van der Waals surface area contributed by atoms with E-state index in [0.717, 1.165) is 25.9 Å². The van der Waals surface area contributed by atoms with E-state index in [2.05, 4.69) is 34.1 Å². The smallest absolute Gasteiger partial charge is 0.153 e. The molecule has 0 amide bonds. The zero-order valence-electron chi connectivity index (χ0n) is 7.69. The Balaban J connectivity index is 2.03. The molecule has 1 aromatic rings. The maximum absolute atomic E-state index is 9.37. The molecule has 1 saturated heterocycles. The van der Waals surface area contributed by atoms with Crippen LogP contribution in [0.2, 0.25) is 0 Å². The molecule has 2 rings (SSSR count). The number of rotatable bonds is 1. The molecule has 70 valence electrons. The van der Waals surface area contributed by atoms with Crippen LogP contribution in [0.15, 0.2) is 29.6 Å². The molecular weight excluding hydrogens is 178 g/mol. The Bertz CT molecular complexity index is 257. The summed E-state index contributed by atoms with van der Waals surface area (Å²) in [6, 6.07) is 6.35. The second-order valence-corrected chi connectivity index (χ2v) is 5.70. The SMILES string of the molecule is OC1CCN([si]2ccccc2)CC1. The molecule has 1 aliphatic rings. The third kappa shape index (κ3) is 2.17. The van der Waals surface area contributed by atoms with E-state index in [1.54, 1.807) is 0 Å². The molecule has 1 aliphatic heterocycles. The summed E-state index contributed by atoms with van der Waals surface area (Å²) in [7, 11) is -0.542. The fraction of sp³-hybridized carbons (Fsp3) is 0.500. The van der Waals surface area contributed by atoms with Crippen molar-refractivity contribution in [1.29, 1.82) is 0 Å². The van der Waals surface area contributed by atoms with E-state index in [4.69, 9.17) is 0 Å². The van der Waals surface area contributed by atoms with Crippen molar-refractivity contribution in [2.45, 2.75) is 18.9 Å². The van der Waals surface area contributed by atoms with E-state index >= 15 is 0 Å². The normalized spacial score (nSPS) is 19.0. The molecule has 3 heteroatoms. The maximum atomic E-state index is 9.37. The third-order valence-corrected chi connectivity index (χ3v) is 4.83. The maximum Gasteiger partial charge on any atom is 0.153 e. The Hall–Kier alpha value is -0.673. The van der Waals surface area contributed by atoms with Crippen molar-refractivity contribution in [2.75, 3.05) is 17.7 Å². The Morgan fingerprint density at radius 2 is 1.69 bits per heavy atom. The monoisotopic (exact) mass is 193 g/mol. The van der Waals surface area contributed by atoms with Crippen LogP contribution in [-0.4, -0.2) is 32.9 Å². The van der Waals surface area contributed by atoms with Gasteiger partial charge in [-0.05, 0) is 12.8 Å². The largest absolute Gasteiger partial charge is 0.404 e. The fourth-order valence-electron chi connectivity index (χ4n) is 1.76. The minimum Gasteiger partial charge on any atom is -0.404 e. The highest BCUT2D eigenvalue weighted by Gasteiger charge is 2.16. The van der Waals surface area contributed by atoms with Gasteiger partial charge in [0.1, 0.15) is 0 Å². The lowest BCUT2D eigenvalue weighted by molar-refractivity contribution is 0.147. The van der Waals surface area contributed by atoms with Gasteiger partial charge < -0.3 is 9.67 Å². The van der Waals surface area contributed by atoms with Crippen LogP contribution in [0.3, 0.4) is 0 Å². The van der Waals surface area contributed by atoms with Gasteiger partial charge in [-0.15, -0.1) is 0 Å². The van der Waals surface area contributed by atoms with Crippen LogP contribution < -0.4 is 4.57 Å². The fourth-order valence-corrected chi connectivity index (χ4v) is 3.69. The highest BCUT2D eigenvalue weighted by molar-refractivity contribution is 6.53. The van der Waals surface area contributed by atoms with Crippen molar-refractivity contribution < 1.29 is 5.11 Å². The second kappa shape index (κ2) is 4.02. The summed E-state index contributed by atoms with van der Waals surface area (Å²) in [5, 5.41) is 9.37. The van der Waals surface area contributed by atoms with Gasteiger partial charge in [0.2, 0.25) is 0 Å². The topological polar surface area (TPSA) is 23.5 Å². The lowest BCUT2D eigenvalue weighted by Crippen LogP contribution is -2.43. The van der Waals surface area contributed by atoms with Gasteiger partial charge in [-0.25, -0.2) is 0 Å². The molecule has 0 unspecified atom stereocenters. The van der Waals surface area contributed by atoms with E-state index in [1.807, 2.05) is 0 Å². The molecule has 13 heavy (non-hydrogen) atoms. The summed E-state index contributed by atoms with van der Waals surface area (Å²) in [6.07, 6.45) is 1.83. The Morgan fingerprint density at radius 1 is 1.08 bits per heavy atom. The third-order valence-electron chi connectivity index (χ3n) is 2.59. The first-order chi connectivity index (χ1) is 6.36. The first-order valence-corrected chi connectivity index (χ1v) is 6.44. The molecule has 0 bridgehead atoms. The molecule has 1 fully saturated rings. The predicted octanol–water partition coefficient (Wildman–Crippen LogP) is 0.805. The minimum absolute atomic E-state index is 0.0537. The van der Waals surface area contributed by atoms with Crippen molar-refractivity contribution in [2.24, 2.45) is 0 Å². The number of aliphatic hydroxyl groups excluding tert-OH is 1. The van der Waals surface area contributed by atoms with Gasteiger partial charge in [-0.3, -0.25) is 0 Å². The van der Waals surface area contributed by atoms with Gasteiger partial charge in [-0.2, -0.15) is 0 Å². The molecule has 0 saturated carbocycles. The molecular formula is C10H15NOSi. The van der Waals surface area contributed by atoms with Gasteiger partial charge in [-0.1, -0.05) is 29.6 Å². The summed E-state index contributed by atoms with van der Waals surface area (Å²) in [5.74, 6) is 0. The molecule has 2 nitrogen and oxygen atoms in total. The molecule has 1 N–H and O–H groups in total. The van der Waals surface area contributed by atoms with Crippen LogP contribution in [-0.2, 0) is 0 Å². The van der Waals surface area contributed by atoms with Crippen molar-refractivity contribution in [1.82, 2.24) is 0 Å². The Labute approximate surface area is 80.4 Å². The van der Waals surface area contributed by atoms with Crippen LogP contribution in [0.25, 0.3) is 0 Å². The first-order valence-electron chi connectivity index (χ1n) is 4.84. The summed E-state index contributed by atoms with van der Waals surface area (Å²) in [6.45, 7) is 2.12. The van der Waals surface area contributed by atoms with Crippen molar-refractivity contribution in [3.63, 3.8) is 0 Å². The summed E-state index contributed by atoms with van der Waals surface area (Å²) >= 11 is 0. The number of piperidine rings is 1. The Kier molecular flexibility index (Phi) is 2.76. The molecule has 0 aromatic carbocycles. The number of hydrogen-bond donors (Lipinski definition) is 1. The average Bonchev–Trinajstić information content (AvgIpc) is 2.20. The standard InChI is InChI=1S/C10H15NOSi/c12-10-4-6-11(7-5-10)13-8-2-1-3-9-13/h1-3,8-10,12H,4-7H2. The van der Waals surface area contributed by atoms with Crippen LogP contribution in [0, 0.1) is 0 Å². The van der Waals surface area contributed by atoms with E-state index in [-0.39, 0.29) is 6.10 Å². The lowest BCUT2D eigenvalue weighted by atomic mass is 10.1. The predicted molar refractivity (Wildman–Crippen MR) is 55.6 cm³/mol. The van der Waals surface area contributed by atoms with E-state index < -0.39 is 8.56 Å². The molecule has 0 radical (unpaired) electrons. The Morgan fingerprint density at radius 3 is 2.31 bits per heavy atom. The van der Waals surface area contributed by atoms with E-state index in [9.17, 15) is 5.11 Å². The average molecular weight is 193 g/mol. The van der Waals surface area contributed by atoms with Crippen LogP contribution in [0.1, 0.15) is 12.8 Å². The van der Waals surface area contributed by atoms with Gasteiger partial charge in [0.25, 0.3) is 0 Å². The highest BCUT2D eigenvalue weighted by Crippen LogP contribution is 2.08. The van der Waals surface area contributed by atoms with Crippen molar-refractivity contribution in [3.05, 3.63) is 29.6 Å². The lowest BCUT2D eigenvalue weighted by Gasteiger charge is -2.31. The molecule has 2 heterocycles. The molecule has 1 aromatic heterocycles. The minimum atomic E-state index is -0.542. The number of aliphatic hydroxyl groups is 1. The first kappa shape index (κ1) is 8.90. The zero-order valence-corrected chi connectivity index (χ0v) is 8.69. The van der Waals surface area contributed by atoms with Gasteiger partial charge >= 0.3 is 0 Å². The van der Waals surface area contributed by atoms with Crippen LogP contribution >= 0.6 is 0 Å². The molecule has 0 atom stereocenters. The van der Waals surface area contributed by atoms with Gasteiger partial charge in [0, 0.05) is 13.1 Å². The van der Waals surface area contributed by atoms with Crippen molar-refractivity contribution >= 4 is 8.56 Å². The van der Waals surface area contributed by atoms with Crippen LogP contribution in [0.5, 0.6) is 0 Å².